The minimum Gasteiger partial charge on any atom is -0.392 e. The van der Waals surface area contributed by atoms with Gasteiger partial charge >= 0.3 is 0 Å². The highest BCUT2D eigenvalue weighted by atomic mass is 32.1. The highest BCUT2D eigenvalue weighted by Gasteiger charge is 2.43. The van der Waals surface area contributed by atoms with Crippen molar-refractivity contribution in [2.45, 2.75) is 45.6 Å². The van der Waals surface area contributed by atoms with Crippen LogP contribution in [0.3, 0.4) is 0 Å². The first-order valence-corrected chi connectivity index (χ1v) is 6.59. The second kappa shape index (κ2) is 6.31. The third-order valence-electron chi connectivity index (χ3n) is 3.20. The average Bonchev–Trinajstić information content (AvgIpc) is 2.74. The van der Waals surface area contributed by atoms with Gasteiger partial charge in [0.15, 0.2) is 0 Å². The van der Waals surface area contributed by atoms with Gasteiger partial charge in [-0.1, -0.05) is 25.1 Å². The van der Waals surface area contributed by atoms with Crippen LogP contribution in [0, 0.1) is 5.41 Å². The van der Waals surface area contributed by atoms with Crippen LogP contribution >= 0.6 is 12.2 Å². The maximum absolute atomic E-state index is 12.1. The van der Waals surface area contributed by atoms with Gasteiger partial charge in [-0.2, -0.15) is 0 Å². The third-order valence-corrected chi connectivity index (χ3v) is 3.59. The summed E-state index contributed by atoms with van der Waals surface area (Å²) in [5, 5.41) is 2.87. The Balaban J connectivity index is 2.42. The number of carbonyl (C=O) groups excluding carboxylic acids is 1. The maximum Gasteiger partial charge on any atom is 0.233 e. The van der Waals surface area contributed by atoms with Gasteiger partial charge in [-0.05, 0) is 26.7 Å². The largest absolute Gasteiger partial charge is 0.392 e. The molecule has 1 amide bonds. The zero-order chi connectivity index (χ0) is 12.9. The van der Waals surface area contributed by atoms with E-state index in [1.807, 2.05) is 13.8 Å². The summed E-state index contributed by atoms with van der Waals surface area (Å²) in [6, 6.07) is 0. The summed E-state index contributed by atoms with van der Waals surface area (Å²) in [6.45, 7) is 4.97. The molecule has 1 aliphatic rings. The van der Waals surface area contributed by atoms with Gasteiger partial charge in [-0.25, -0.2) is 0 Å². The SMILES string of the molecule is CC(C)OCCNC(=O)C1(C(N)=S)CCCC1. The molecule has 17 heavy (non-hydrogen) atoms. The van der Waals surface area contributed by atoms with Crippen LogP contribution in [0.15, 0.2) is 0 Å². The fourth-order valence-electron chi connectivity index (χ4n) is 2.19. The molecule has 0 radical (unpaired) electrons. The molecule has 0 bridgehead atoms. The molecule has 1 rings (SSSR count). The summed E-state index contributed by atoms with van der Waals surface area (Å²) in [4.78, 5) is 12.5. The number of nitrogens with one attached hydrogen (secondary N) is 1. The Bertz CT molecular complexity index is 286. The smallest absolute Gasteiger partial charge is 0.233 e. The molecule has 0 unspecified atom stereocenters. The van der Waals surface area contributed by atoms with Crippen molar-refractivity contribution in [1.82, 2.24) is 5.32 Å². The van der Waals surface area contributed by atoms with Crippen LogP contribution in [-0.4, -0.2) is 30.2 Å². The van der Waals surface area contributed by atoms with Crippen molar-refractivity contribution < 1.29 is 9.53 Å². The van der Waals surface area contributed by atoms with Crippen LogP contribution in [0.4, 0.5) is 0 Å². The monoisotopic (exact) mass is 258 g/mol. The van der Waals surface area contributed by atoms with Gasteiger partial charge in [0.2, 0.25) is 5.91 Å². The van der Waals surface area contributed by atoms with Crippen molar-refractivity contribution in [3.63, 3.8) is 0 Å². The van der Waals surface area contributed by atoms with Gasteiger partial charge in [0, 0.05) is 6.54 Å². The van der Waals surface area contributed by atoms with E-state index in [0.717, 1.165) is 25.7 Å². The first kappa shape index (κ1) is 14.4. The summed E-state index contributed by atoms with van der Waals surface area (Å²) in [5.41, 5.74) is 5.12. The van der Waals surface area contributed by atoms with E-state index >= 15 is 0 Å². The number of carbonyl (C=O) groups is 1. The van der Waals surface area contributed by atoms with Crippen molar-refractivity contribution in [1.29, 1.82) is 0 Å². The van der Waals surface area contributed by atoms with Gasteiger partial charge in [-0.3, -0.25) is 4.79 Å². The molecule has 3 N–H and O–H groups in total. The predicted octanol–water partition coefficient (Wildman–Crippen LogP) is 1.37. The van der Waals surface area contributed by atoms with Gasteiger partial charge < -0.3 is 15.8 Å². The summed E-state index contributed by atoms with van der Waals surface area (Å²) in [6.07, 6.45) is 3.78. The lowest BCUT2D eigenvalue weighted by atomic mass is 9.85. The maximum atomic E-state index is 12.1. The van der Waals surface area contributed by atoms with E-state index in [0.29, 0.717) is 18.1 Å². The molecule has 1 aliphatic carbocycles. The predicted molar refractivity (Wildman–Crippen MR) is 71.8 cm³/mol. The Morgan fingerprint density at radius 2 is 2.06 bits per heavy atom. The minimum absolute atomic E-state index is 0.0325. The van der Waals surface area contributed by atoms with E-state index in [1.54, 1.807) is 0 Å². The second-order valence-corrected chi connectivity index (χ2v) is 5.27. The van der Waals surface area contributed by atoms with Crippen molar-refractivity contribution in [3.05, 3.63) is 0 Å². The number of ether oxygens (including phenoxy) is 1. The van der Waals surface area contributed by atoms with Gasteiger partial charge in [0.25, 0.3) is 0 Å². The lowest BCUT2D eigenvalue weighted by Gasteiger charge is -2.26. The molecule has 0 saturated heterocycles. The zero-order valence-electron chi connectivity index (χ0n) is 10.6. The topological polar surface area (TPSA) is 64.3 Å². The molecule has 1 fully saturated rings. The molecular weight excluding hydrogens is 236 g/mol. The number of thiocarbonyl (C=S) groups is 1. The fourth-order valence-corrected chi connectivity index (χ4v) is 2.49. The lowest BCUT2D eigenvalue weighted by molar-refractivity contribution is -0.127. The highest BCUT2D eigenvalue weighted by Crippen LogP contribution is 2.38. The molecule has 0 atom stereocenters. The number of hydrogen-bond donors (Lipinski definition) is 2. The molecule has 0 heterocycles. The van der Waals surface area contributed by atoms with E-state index in [2.05, 4.69) is 5.32 Å². The molecule has 4 nitrogen and oxygen atoms in total. The molecular formula is C12H22N2O2S. The third kappa shape index (κ3) is 3.64. The van der Waals surface area contributed by atoms with Crippen molar-refractivity contribution >= 4 is 23.1 Å². The average molecular weight is 258 g/mol. The second-order valence-electron chi connectivity index (χ2n) is 4.83. The van der Waals surface area contributed by atoms with E-state index in [1.165, 1.54) is 0 Å². The Labute approximate surface area is 108 Å². The Kier molecular flexibility index (Phi) is 5.33. The Morgan fingerprint density at radius 1 is 1.47 bits per heavy atom. The molecule has 5 heteroatoms. The van der Waals surface area contributed by atoms with Crippen LogP contribution in [0.5, 0.6) is 0 Å². The standard InChI is InChI=1S/C12H22N2O2S/c1-9(2)16-8-7-14-11(15)12(10(13)17)5-3-4-6-12/h9H,3-8H2,1-2H3,(H2,13,17)(H,14,15). The van der Waals surface area contributed by atoms with Crippen LogP contribution < -0.4 is 11.1 Å². The van der Waals surface area contributed by atoms with E-state index in [-0.39, 0.29) is 12.0 Å². The zero-order valence-corrected chi connectivity index (χ0v) is 11.4. The molecule has 0 aliphatic heterocycles. The van der Waals surface area contributed by atoms with Crippen LogP contribution in [0.25, 0.3) is 0 Å². The molecule has 0 aromatic carbocycles. The van der Waals surface area contributed by atoms with Crippen molar-refractivity contribution in [2.75, 3.05) is 13.2 Å². The first-order chi connectivity index (χ1) is 7.99. The quantitative estimate of drug-likeness (QED) is 0.558. The highest BCUT2D eigenvalue weighted by molar-refractivity contribution is 7.80. The first-order valence-electron chi connectivity index (χ1n) is 6.19. The number of amides is 1. The number of rotatable bonds is 6. The molecule has 0 aromatic rings. The van der Waals surface area contributed by atoms with Gasteiger partial charge in [0.1, 0.15) is 0 Å². The van der Waals surface area contributed by atoms with Gasteiger partial charge in [0.05, 0.1) is 23.1 Å². The van der Waals surface area contributed by atoms with Crippen molar-refractivity contribution in [2.24, 2.45) is 11.1 Å². The molecule has 98 valence electrons. The fraction of sp³-hybridized carbons (Fsp3) is 0.833. The Morgan fingerprint density at radius 3 is 2.53 bits per heavy atom. The van der Waals surface area contributed by atoms with Crippen LogP contribution in [0.2, 0.25) is 0 Å². The van der Waals surface area contributed by atoms with E-state index < -0.39 is 5.41 Å². The number of nitrogens with two attached hydrogens (primary N) is 1. The summed E-state index contributed by atoms with van der Waals surface area (Å²) < 4.78 is 5.37. The summed E-state index contributed by atoms with van der Waals surface area (Å²) in [5.74, 6) is -0.0325. The van der Waals surface area contributed by atoms with Crippen LogP contribution in [-0.2, 0) is 9.53 Å². The molecule has 0 spiro atoms. The van der Waals surface area contributed by atoms with E-state index in [9.17, 15) is 4.79 Å². The Hall–Kier alpha value is -0.680. The molecule has 1 saturated carbocycles. The summed E-state index contributed by atoms with van der Waals surface area (Å²) >= 11 is 5.05. The lowest BCUT2D eigenvalue weighted by Crippen LogP contribution is -2.48. The molecule has 0 aromatic heterocycles. The summed E-state index contributed by atoms with van der Waals surface area (Å²) in [7, 11) is 0. The van der Waals surface area contributed by atoms with Crippen LogP contribution in [0.1, 0.15) is 39.5 Å². The normalized spacial score (nSPS) is 18.3. The number of hydrogen-bond acceptors (Lipinski definition) is 3. The minimum atomic E-state index is -0.604. The van der Waals surface area contributed by atoms with Gasteiger partial charge in [-0.15, -0.1) is 0 Å². The van der Waals surface area contributed by atoms with E-state index in [4.69, 9.17) is 22.7 Å². The van der Waals surface area contributed by atoms with Crippen molar-refractivity contribution in [3.8, 4) is 0 Å².